The Balaban J connectivity index is 1.67. The SMILES string of the molecule is Cc1cc(CN(CCc2cc(C)cc(-c3c(C)cccc3C)c2O)CCN(C)C)cc(-c2c(C(C)C)cccc2C(C)C)c1. The summed E-state index contributed by atoms with van der Waals surface area (Å²) in [6.45, 7) is 21.5. The van der Waals surface area contributed by atoms with Crippen LogP contribution in [0.15, 0.2) is 66.7 Å². The van der Waals surface area contributed by atoms with Crippen LogP contribution in [0.1, 0.15) is 84.0 Å². The fraction of sp³-hybridized carbons (Fsp3) is 0.415. The molecule has 0 aliphatic heterocycles. The minimum Gasteiger partial charge on any atom is -0.507 e. The van der Waals surface area contributed by atoms with Crippen molar-refractivity contribution in [3.63, 3.8) is 0 Å². The Kier molecular flexibility index (Phi) is 11.1. The van der Waals surface area contributed by atoms with Gasteiger partial charge in [0.2, 0.25) is 0 Å². The first kappa shape index (κ1) is 33.5. The van der Waals surface area contributed by atoms with E-state index < -0.39 is 0 Å². The summed E-state index contributed by atoms with van der Waals surface area (Å²) in [5.41, 5.74) is 14.9. The van der Waals surface area contributed by atoms with E-state index in [0.717, 1.165) is 49.3 Å². The molecule has 0 aliphatic rings. The molecular weight excluding hydrogens is 536 g/mol. The number of nitrogens with zero attached hydrogens (tertiary/aromatic N) is 2. The normalized spacial score (nSPS) is 11.9. The Hall–Kier alpha value is -3.40. The fourth-order valence-corrected chi connectivity index (χ4v) is 6.60. The second-order valence-electron chi connectivity index (χ2n) is 13.7. The molecule has 0 amide bonds. The molecule has 3 nitrogen and oxygen atoms in total. The zero-order valence-corrected chi connectivity index (χ0v) is 28.9. The van der Waals surface area contributed by atoms with Crippen LogP contribution in [0, 0.1) is 27.7 Å². The molecule has 0 saturated heterocycles. The Bertz CT molecular complexity index is 1530. The molecule has 1 N–H and O–H groups in total. The smallest absolute Gasteiger partial charge is 0.126 e. The van der Waals surface area contributed by atoms with Gasteiger partial charge in [0.05, 0.1) is 0 Å². The number of aromatic hydroxyl groups is 1. The van der Waals surface area contributed by atoms with Gasteiger partial charge in [0.15, 0.2) is 0 Å². The summed E-state index contributed by atoms with van der Waals surface area (Å²) in [4.78, 5) is 4.81. The number of benzene rings is 4. The maximum Gasteiger partial charge on any atom is 0.126 e. The molecule has 3 heteroatoms. The Morgan fingerprint density at radius 1 is 0.659 bits per heavy atom. The lowest BCUT2D eigenvalue weighted by molar-refractivity contribution is 0.235. The second-order valence-corrected chi connectivity index (χ2v) is 13.7. The van der Waals surface area contributed by atoms with Crippen LogP contribution in [0.4, 0.5) is 0 Å². The molecule has 4 aromatic carbocycles. The van der Waals surface area contributed by atoms with Crippen molar-refractivity contribution in [3.8, 4) is 28.0 Å². The highest BCUT2D eigenvalue weighted by molar-refractivity contribution is 5.78. The first-order valence-corrected chi connectivity index (χ1v) is 16.4. The summed E-state index contributed by atoms with van der Waals surface area (Å²) in [5, 5.41) is 11.5. The number of phenolic OH excluding ortho intramolecular Hbond substituents is 1. The minimum atomic E-state index is 0.421. The lowest BCUT2D eigenvalue weighted by Crippen LogP contribution is -2.33. The molecule has 0 aromatic heterocycles. The van der Waals surface area contributed by atoms with Gasteiger partial charge in [-0.15, -0.1) is 0 Å². The quantitative estimate of drug-likeness (QED) is 0.178. The summed E-state index contributed by atoms with van der Waals surface area (Å²) >= 11 is 0. The van der Waals surface area contributed by atoms with Gasteiger partial charge in [0.1, 0.15) is 5.75 Å². The lowest BCUT2D eigenvalue weighted by atomic mass is 9.84. The van der Waals surface area contributed by atoms with Gasteiger partial charge in [-0.25, -0.2) is 0 Å². The van der Waals surface area contributed by atoms with Crippen LogP contribution >= 0.6 is 0 Å². The second kappa shape index (κ2) is 14.6. The maximum absolute atomic E-state index is 11.5. The number of rotatable bonds is 12. The van der Waals surface area contributed by atoms with E-state index in [4.69, 9.17) is 0 Å². The average molecular weight is 591 g/mol. The van der Waals surface area contributed by atoms with Crippen LogP contribution in [-0.4, -0.2) is 48.6 Å². The summed E-state index contributed by atoms with van der Waals surface area (Å²) in [7, 11) is 4.28. The van der Waals surface area contributed by atoms with Crippen molar-refractivity contribution in [2.45, 2.75) is 80.2 Å². The van der Waals surface area contributed by atoms with Crippen LogP contribution in [0.25, 0.3) is 22.3 Å². The largest absolute Gasteiger partial charge is 0.507 e. The summed E-state index contributed by atoms with van der Waals surface area (Å²) < 4.78 is 0. The van der Waals surface area contributed by atoms with Crippen LogP contribution in [0.3, 0.4) is 0 Å². The summed E-state index contributed by atoms with van der Waals surface area (Å²) in [6, 6.07) is 24.6. The molecule has 0 heterocycles. The van der Waals surface area contributed by atoms with Gasteiger partial charge in [-0.05, 0) is 128 Å². The Labute approximate surface area is 267 Å². The van der Waals surface area contributed by atoms with Gasteiger partial charge in [0, 0.05) is 31.7 Å². The molecule has 0 atom stereocenters. The van der Waals surface area contributed by atoms with E-state index in [0.29, 0.717) is 17.6 Å². The summed E-state index contributed by atoms with van der Waals surface area (Å²) in [6.07, 6.45) is 0.797. The molecule has 4 rings (SSSR count). The molecule has 0 aliphatic carbocycles. The number of hydrogen-bond acceptors (Lipinski definition) is 3. The third kappa shape index (κ3) is 8.00. The van der Waals surface area contributed by atoms with E-state index in [1.54, 1.807) is 0 Å². The van der Waals surface area contributed by atoms with Crippen molar-refractivity contribution >= 4 is 0 Å². The monoisotopic (exact) mass is 590 g/mol. The van der Waals surface area contributed by atoms with E-state index in [1.807, 2.05) is 0 Å². The van der Waals surface area contributed by atoms with Crippen LogP contribution in [-0.2, 0) is 13.0 Å². The van der Waals surface area contributed by atoms with Crippen molar-refractivity contribution in [2.24, 2.45) is 0 Å². The van der Waals surface area contributed by atoms with Crippen LogP contribution < -0.4 is 0 Å². The average Bonchev–Trinajstić information content (AvgIpc) is 2.95. The number of likely N-dealkylation sites (N-methyl/N-ethyl adjacent to an activating group) is 1. The Morgan fingerprint density at radius 2 is 1.25 bits per heavy atom. The van der Waals surface area contributed by atoms with Gasteiger partial charge < -0.3 is 10.0 Å². The van der Waals surface area contributed by atoms with Crippen LogP contribution in [0.5, 0.6) is 5.75 Å². The molecule has 0 bridgehead atoms. The van der Waals surface area contributed by atoms with E-state index in [2.05, 4.69) is 146 Å². The highest BCUT2D eigenvalue weighted by Gasteiger charge is 2.19. The molecule has 234 valence electrons. The van der Waals surface area contributed by atoms with E-state index >= 15 is 0 Å². The van der Waals surface area contributed by atoms with Crippen molar-refractivity contribution in [2.75, 3.05) is 33.7 Å². The predicted molar refractivity (Wildman–Crippen MR) is 190 cm³/mol. The topological polar surface area (TPSA) is 26.7 Å². The summed E-state index contributed by atoms with van der Waals surface area (Å²) in [5.74, 6) is 1.34. The van der Waals surface area contributed by atoms with Gasteiger partial charge in [0.25, 0.3) is 0 Å². The molecular formula is C41H54N2O. The van der Waals surface area contributed by atoms with E-state index in [-0.39, 0.29) is 0 Å². The number of phenols is 1. The first-order chi connectivity index (χ1) is 20.8. The third-order valence-electron chi connectivity index (χ3n) is 8.85. The zero-order chi connectivity index (χ0) is 32.1. The number of hydrogen-bond donors (Lipinski definition) is 1. The van der Waals surface area contributed by atoms with Gasteiger partial charge in [-0.2, -0.15) is 0 Å². The minimum absolute atomic E-state index is 0.421. The standard InChI is InChI=1S/C41H54N2O/c1-27(2)36-15-12-16-37(28(3)4)40(36)35-23-29(5)21-33(25-35)26-43(20-19-42(9)10)18-17-34-22-30(6)24-38(41(34)44)39-31(7)13-11-14-32(39)8/h11-16,21-25,27-28,44H,17-20,26H2,1-10H3. The number of aryl methyl sites for hydroxylation is 4. The lowest BCUT2D eigenvalue weighted by Gasteiger charge is -2.26. The van der Waals surface area contributed by atoms with Gasteiger partial charge >= 0.3 is 0 Å². The third-order valence-corrected chi connectivity index (χ3v) is 8.85. The van der Waals surface area contributed by atoms with E-state index in [9.17, 15) is 5.11 Å². The van der Waals surface area contributed by atoms with E-state index in [1.165, 1.54) is 50.1 Å². The zero-order valence-electron chi connectivity index (χ0n) is 28.9. The van der Waals surface area contributed by atoms with Crippen molar-refractivity contribution in [1.29, 1.82) is 0 Å². The van der Waals surface area contributed by atoms with Gasteiger partial charge in [-0.1, -0.05) is 87.9 Å². The Morgan fingerprint density at radius 3 is 1.84 bits per heavy atom. The maximum atomic E-state index is 11.5. The van der Waals surface area contributed by atoms with Crippen molar-refractivity contribution < 1.29 is 5.11 Å². The van der Waals surface area contributed by atoms with Crippen molar-refractivity contribution in [3.05, 3.63) is 111 Å². The molecule has 0 saturated carbocycles. The molecule has 0 spiro atoms. The molecule has 0 radical (unpaired) electrons. The predicted octanol–water partition coefficient (Wildman–Crippen LogP) is 9.81. The molecule has 0 fully saturated rings. The van der Waals surface area contributed by atoms with Crippen LogP contribution in [0.2, 0.25) is 0 Å². The molecule has 0 unspecified atom stereocenters. The highest BCUT2D eigenvalue weighted by atomic mass is 16.3. The highest BCUT2D eigenvalue weighted by Crippen LogP contribution is 2.39. The fourth-order valence-electron chi connectivity index (χ4n) is 6.60. The molecule has 44 heavy (non-hydrogen) atoms. The van der Waals surface area contributed by atoms with Gasteiger partial charge in [-0.3, -0.25) is 4.90 Å². The molecule has 4 aromatic rings. The van der Waals surface area contributed by atoms with Crippen molar-refractivity contribution in [1.82, 2.24) is 9.80 Å². The first-order valence-electron chi connectivity index (χ1n) is 16.4.